The first kappa shape index (κ1) is 13.8. The fourth-order valence-electron chi connectivity index (χ4n) is 2.91. The second kappa shape index (κ2) is 5.17. The Labute approximate surface area is 111 Å². The fourth-order valence-corrected chi connectivity index (χ4v) is 2.91. The van der Waals surface area contributed by atoms with Gasteiger partial charge in [-0.05, 0) is 36.8 Å². The van der Waals surface area contributed by atoms with Crippen molar-refractivity contribution in [2.45, 2.75) is 25.7 Å². The van der Waals surface area contributed by atoms with E-state index in [0.717, 1.165) is 29.6 Å². The number of allylic oxidation sites excluding steroid dienone is 3. The molecule has 0 unspecified atom stereocenters. The molecule has 0 amide bonds. The normalized spacial score (nSPS) is 20.7. The van der Waals surface area contributed by atoms with Gasteiger partial charge in [-0.2, -0.15) is 0 Å². The molecule has 0 heterocycles. The predicted octanol–water partition coefficient (Wildman–Crippen LogP) is 1.12. The van der Waals surface area contributed by atoms with Gasteiger partial charge in [-0.25, -0.2) is 0 Å². The molecule has 1 N–H and O–H groups in total. The van der Waals surface area contributed by atoms with Crippen molar-refractivity contribution in [1.29, 1.82) is 0 Å². The van der Waals surface area contributed by atoms with E-state index in [2.05, 4.69) is 0 Å². The number of methoxy groups -OCH3 is 2. The second-order valence-electron chi connectivity index (χ2n) is 5.01. The van der Waals surface area contributed by atoms with Crippen LogP contribution in [-0.2, 0) is 19.1 Å². The minimum absolute atomic E-state index is 0.0141. The number of carbonyl (C=O) groups excluding carboxylic acids is 2. The summed E-state index contributed by atoms with van der Waals surface area (Å²) in [5.41, 5.74) is 1.75. The van der Waals surface area contributed by atoms with E-state index in [1.165, 1.54) is 14.2 Å². The molecule has 5 heteroatoms. The average molecular weight is 266 g/mol. The minimum Gasteiger partial charge on any atom is -0.468 e. The molecule has 0 radical (unpaired) electrons. The van der Waals surface area contributed by atoms with Crippen molar-refractivity contribution in [3.63, 3.8) is 0 Å². The topological polar surface area (TPSA) is 72.8 Å². The minimum atomic E-state index is -1.24. The number of esters is 2. The van der Waals surface area contributed by atoms with Gasteiger partial charge in [-0.15, -0.1) is 0 Å². The number of carbonyl (C=O) groups is 2. The number of rotatable bonds is 3. The molecule has 0 saturated heterocycles. The van der Waals surface area contributed by atoms with E-state index < -0.39 is 17.4 Å². The molecule has 5 nitrogen and oxygen atoms in total. The third-order valence-electron chi connectivity index (χ3n) is 3.94. The lowest BCUT2D eigenvalue weighted by atomic mass is 9.83. The molecule has 0 aromatic carbocycles. The fraction of sp³-hybridized carbons (Fsp3) is 0.571. The molecular formula is C14H18O5. The zero-order valence-corrected chi connectivity index (χ0v) is 11.2. The van der Waals surface area contributed by atoms with Crippen LogP contribution in [0.5, 0.6) is 0 Å². The lowest BCUT2D eigenvalue weighted by Gasteiger charge is -2.23. The van der Waals surface area contributed by atoms with Gasteiger partial charge in [0.1, 0.15) is 0 Å². The summed E-state index contributed by atoms with van der Waals surface area (Å²) in [4.78, 5) is 24.0. The van der Waals surface area contributed by atoms with Gasteiger partial charge in [-0.3, -0.25) is 9.59 Å². The molecule has 104 valence electrons. The van der Waals surface area contributed by atoms with Gasteiger partial charge in [0.15, 0.2) is 5.41 Å². The average Bonchev–Trinajstić information content (AvgIpc) is 2.84. The van der Waals surface area contributed by atoms with Crippen molar-refractivity contribution in [2.24, 2.45) is 5.41 Å². The Morgan fingerprint density at radius 2 is 1.84 bits per heavy atom. The Hall–Kier alpha value is -1.62. The molecule has 0 fully saturated rings. The number of hydrogen-bond acceptors (Lipinski definition) is 5. The van der Waals surface area contributed by atoms with Crippen LogP contribution in [0.15, 0.2) is 22.8 Å². The molecule has 0 aromatic heterocycles. The molecule has 0 spiro atoms. The summed E-state index contributed by atoms with van der Waals surface area (Å²) in [7, 11) is 2.55. The number of aliphatic hydroxyl groups is 1. The van der Waals surface area contributed by atoms with Crippen LogP contribution in [0.4, 0.5) is 0 Å². The summed E-state index contributed by atoms with van der Waals surface area (Å²) in [5.74, 6) is -1.10. The Balaban J connectivity index is 2.31. The highest BCUT2D eigenvalue weighted by Gasteiger charge is 2.53. The van der Waals surface area contributed by atoms with Crippen LogP contribution >= 0.6 is 0 Å². The molecule has 0 saturated carbocycles. The van der Waals surface area contributed by atoms with E-state index in [1.54, 1.807) is 0 Å². The first-order valence-electron chi connectivity index (χ1n) is 6.25. The zero-order valence-electron chi connectivity index (χ0n) is 11.2. The molecule has 0 atom stereocenters. The van der Waals surface area contributed by atoms with E-state index in [9.17, 15) is 14.7 Å². The first-order valence-corrected chi connectivity index (χ1v) is 6.25. The van der Waals surface area contributed by atoms with Crippen LogP contribution in [-0.4, -0.2) is 37.9 Å². The molecule has 0 aliphatic heterocycles. The Kier molecular flexibility index (Phi) is 3.75. The lowest BCUT2D eigenvalue weighted by molar-refractivity contribution is -0.168. The highest BCUT2D eigenvalue weighted by atomic mass is 16.5. The van der Waals surface area contributed by atoms with E-state index in [0.29, 0.717) is 12.8 Å². The Morgan fingerprint density at radius 1 is 1.21 bits per heavy atom. The molecule has 2 aliphatic carbocycles. The van der Waals surface area contributed by atoms with E-state index in [-0.39, 0.29) is 6.61 Å². The highest BCUT2D eigenvalue weighted by Crippen LogP contribution is 2.48. The van der Waals surface area contributed by atoms with Crippen molar-refractivity contribution < 1.29 is 24.2 Å². The molecule has 0 bridgehead atoms. The Morgan fingerprint density at radius 3 is 2.37 bits per heavy atom. The summed E-state index contributed by atoms with van der Waals surface area (Å²) in [6, 6.07) is 0. The van der Waals surface area contributed by atoms with Crippen molar-refractivity contribution in [3.05, 3.63) is 22.8 Å². The van der Waals surface area contributed by atoms with E-state index in [1.807, 2.05) is 6.08 Å². The molecular weight excluding hydrogens is 248 g/mol. The quantitative estimate of drug-likeness (QED) is 0.612. The second-order valence-corrected chi connectivity index (χ2v) is 5.01. The van der Waals surface area contributed by atoms with Crippen LogP contribution in [0.3, 0.4) is 0 Å². The maximum absolute atomic E-state index is 12.0. The standard InChI is InChI=1S/C14H18O5/c1-18-12(16)14(13(17)19-2)6-10-4-3-9(8-15)5-11(10)7-14/h5,15H,3-4,6-8H2,1-2H3. The summed E-state index contributed by atoms with van der Waals surface area (Å²) >= 11 is 0. The van der Waals surface area contributed by atoms with Crippen LogP contribution < -0.4 is 0 Å². The predicted molar refractivity (Wildman–Crippen MR) is 67.1 cm³/mol. The monoisotopic (exact) mass is 266 g/mol. The largest absolute Gasteiger partial charge is 0.468 e. The summed E-state index contributed by atoms with van der Waals surface area (Å²) < 4.78 is 9.57. The highest BCUT2D eigenvalue weighted by molar-refractivity contribution is 6.01. The maximum Gasteiger partial charge on any atom is 0.323 e. The third kappa shape index (κ3) is 2.18. The van der Waals surface area contributed by atoms with Gasteiger partial charge >= 0.3 is 11.9 Å². The van der Waals surface area contributed by atoms with Crippen LogP contribution in [0.25, 0.3) is 0 Å². The van der Waals surface area contributed by atoms with Gasteiger partial charge < -0.3 is 14.6 Å². The van der Waals surface area contributed by atoms with Crippen molar-refractivity contribution in [2.75, 3.05) is 20.8 Å². The molecule has 19 heavy (non-hydrogen) atoms. The summed E-state index contributed by atoms with van der Waals surface area (Å²) in [6.07, 6.45) is 4.10. The smallest absolute Gasteiger partial charge is 0.323 e. The molecule has 0 aromatic rings. The summed E-state index contributed by atoms with van der Waals surface area (Å²) in [6.45, 7) is 0.0141. The Bertz CT molecular complexity index is 456. The summed E-state index contributed by atoms with van der Waals surface area (Å²) in [5, 5.41) is 9.18. The molecule has 2 aliphatic rings. The number of aliphatic hydroxyl groups excluding tert-OH is 1. The van der Waals surface area contributed by atoms with Crippen LogP contribution in [0, 0.1) is 5.41 Å². The van der Waals surface area contributed by atoms with Gasteiger partial charge in [0.05, 0.1) is 20.8 Å². The lowest BCUT2D eigenvalue weighted by Crippen LogP contribution is -2.39. The van der Waals surface area contributed by atoms with Crippen LogP contribution in [0.1, 0.15) is 25.7 Å². The SMILES string of the molecule is COC(=O)C1(C(=O)OC)CC2=C(CCC(CO)=C2)C1. The third-order valence-corrected chi connectivity index (χ3v) is 3.94. The van der Waals surface area contributed by atoms with Crippen molar-refractivity contribution >= 4 is 11.9 Å². The van der Waals surface area contributed by atoms with Crippen LogP contribution in [0.2, 0.25) is 0 Å². The van der Waals surface area contributed by atoms with Crippen molar-refractivity contribution in [1.82, 2.24) is 0 Å². The van der Waals surface area contributed by atoms with E-state index >= 15 is 0 Å². The van der Waals surface area contributed by atoms with Crippen molar-refractivity contribution in [3.8, 4) is 0 Å². The van der Waals surface area contributed by atoms with E-state index in [4.69, 9.17) is 9.47 Å². The maximum atomic E-state index is 12.0. The number of ether oxygens (including phenoxy) is 2. The molecule has 2 rings (SSSR count). The van der Waals surface area contributed by atoms with Gasteiger partial charge in [0.2, 0.25) is 0 Å². The van der Waals surface area contributed by atoms with Gasteiger partial charge in [0.25, 0.3) is 0 Å². The number of hydrogen-bond donors (Lipinski definition) is 1. The van der Waals surface area contributed by atoms with Gasteiger partial charge in [0, 0.05) is 0 Å². The zero-order chi connectivity index (χ0) is 14.0. The first-order chi connectivity index (χ1) is 9.07. The van der Waals surface area contributed by atoms with Gasteiger partial charge in [-0.1, -0.05) is 11.6 Å².